The molecule has 0 unspecified atom stereocenters. The van der Waals surface area contributed by atoms with E-state index < -0.39 is 0 Å². The molecule has 0 aromatic heterocycles. The van der Waals surface area contributed by atoms with Gasteiger partial charge in [0.05, 0.1) is 0 Å². The van der Waals surface area contributed by atoms with Gasteiger partial charge in [-0.05, 0) is 25.4 Å². The first kappa shape index (κ1) is 8.02. The molecule has 0 aliphatic carbocycles. The third kappa shape index (κ3) is 1.95. The molecule has 1 fully saturated rings. The zero-order valence-electron chi connectivity index (χ0n) is 6.36. The van der Waals surface area contributed by atoms with Gasteiger partial charge in [-0.3, -0.25) is 0 Å². The summed E-state index contributed by atoms with van der Waals surface area (Å²) < 4.78 is 12.1. The van der Waals surface area contributed by atoms with Gasteiger partial charge in [-0.25, -0.2) is 4.39 Å². The lowest BCUT2D eigenvalue weighted by molar-refractivity contribution is 0.290. The van der Waals surface area contributed by atoms with E-state index in [1.807, 2.05) is 7.98 Å². The van der Waals surface area contributed by atoms with Crippen molar-refractivity contribution in [2.45, 2.75) is 24.9 Å². The van der Waals surface area contributed by atoms with E-state index in [4.69, 9.17) is 0 Å². The Labute approximate surface area is 62.0 Å². The van der Waals surface area contributed by atoms with Crippen LogP contribution >= 0.6 is 0 Å². The van der Waals surface area contributed by atoms with Gasteiger partial charge in [-0.2, -0.15) is 0 Å². The van der Waals surface area contributed by atoms with Crippen molar-refractivity contribution in [1.82, 2.24) is 10.5 Å². The van der Waals surface area contributed by atoms with Crippen LogP contribution in [0.5, 0.6) is 0 Å². The SMILES string of the molecule is BN[C@H]1CCN[C@H](CF)C1. The zero-order valence-corrected chi connectivity index (χ0v) is 6.36. The number of rotatable bonds is 2. The Bertz CT molecular complexity index is 91.7. The van der Waals surface area contributed by atoms with Crippen molar-refractivity contribution in [3.8, 4) is 0 Å². The van der Waals surface area contributed by atoms with Crippen molar-refractivity contribution < 1.29 is 4.39 Å². The average molecular weight is 144 g/mol. The van der Waals surface area contributed by atoms with Crippen LogP contribution in [0.25, 0.3) is 0 Å². The molecule has 10 heavy (non-hydrogen) atoms. The third-order valence-corrected chi connectivity index (χ3v) is 2.09. The number of hydrogen-bond acceptors (Lipinski definition) is 2. The largest absolute Gasteiger partial charge is 0.359 e. The van der Waals surface area contributed by atoms with E-state index in [2.05, 4.69) is 10.5 Å². The van der Waals surface area contributed by atoms with Gasteiger partial charge in [0, 0.05) is 6.04 Å². The van der Waals surface area contributed by atoms with E-state index >= 15 is 0 Å². The molecule has 0 saturated carbocycles. The minimum Gasteiger partial charge on any atom is -0.359 e. The van der Waals surface area contributed by atoms with E-state index in [-0.39, 0.29) is 12.7 Å². The molecule has 1 saturated heterocycles. The maximum absolute atomic E-state index is 12.1. The minimum absolute atomic E-state index is 0.0891. The highest BCUT2D eigenvalue weighted by Gasteiger charge is 2.18. The monoisotopic (exact) mass is 144 g/mol. The molecule has 1 aliphatic heterocycles. The van der Waals surface area contributed by atoms with Crippen LogP contribution in [0.2, 0.25) is 0 Å². The molecule has 1 heterocycles. The highest BCUT2D eigenvalue weighted by Crippen LogP contribution is 2.07. The zero-order chi connectivity index (χ0) is 7.40. The molecule has 0 spiro atoms. The molecule has 2 atom stereocenters. The summed E-state index contributed by atoms with van der Waals surface area (Å²) >= 11 is 0. The Hall–Kier alpha value is -0.0851. The standard InChI is InChI=1S/C6H14BFN2/c7-10-5-1-2-9-6(3-5)4-8/h5-6,9-10H,1-4,7H2/t5-,6-/m0/s1. The van der Waals surface area contributed by atoms with Gasteiger partial charge in [0.2, 0.25) is 0 Å². The van der Waals surface area contributed by atoms with Crippen LogP contribution in [0.1, 0.15) is 12.8 Å². The van der Waals surface area contributed by atoms with Crippen molar-refractivity contribution in [3.63, 3.8) is 0 Å². The predicted octanol–water partition coefficient (Wildman–Crippen LogP) is -0.786. The van der Waals surface area contributed by atoms with Crippen LogP contribution in [0, 0.1) is 0 Å². The molecule has 1 aliphatic rings. The van der Waals surface area contributed by atoms with E-state index in [0.717, 1.165) is 19.4 Å². The van der Waals surface area contributed by atoms with Gasteiger partial charge in [0.15, 0.2) is 7.98 Å². The van der Waals surface area contributed by atoms with E-state index in [1.165, 1.54) is 0 Å². The van der Waals surface area contributed by atoms with Crippen molar-refractivity contribution in [2.24, 2.45) is 0 Å². The number of hydrogen-bond donors (Lipinski definition) is 2. The molecular weight excluding hydrogens is 130 g/mol. The highest BCUT2D eigenvalue weighted by atomic mass is 19.1. The molecule has 58 valence electrons. The van der Waals surface area contributed by atoms with Gasteiger partial charge < -0.3 is 10.5 Å². The van der Waals surface area contributed by atoms with Gasteiger partial charge in [0.25, 0.3) is 0 Å². The van der Waals surface area contributed by atoms with Crippen LogP contribution in [-0.2, 0) is 0 Å². The second kappa shape index (κ2) is 3.93. The Morgan fingerprint density at radius 2 is 2.50 bits per heavy atom. The first-order valence-corrected chi connectivity index (χ1v) is 3.83. The lowest BCUT2D eigenvalue weighted by Crippen LogP contribution is -2.46. The number of halogens is 1. The van der Waals surface area contributed by atoms with Crippen LogP contribution in [0.15, 0.2) is 0 Å². The summed E-state index contributed by atoms with van der Waals surface area (Å²) in [5, 5.41) is 6.28. The minimum atomic E-state index is -0.238. The fourth-order valence-corrected chi connectivity index (χ4v) is 1.39. The molecular formula is C6H14BFN2. The predicted molar refractivity (Wildman–Crippen MR) is 42.5 cm³/mol. The maximum atomic E-state index is 12.1. The lowest BCUT2D eigenvalue weighted by Gasteiger charge is -2.28. The van der Waals surface area contributed by atoms with Gasteiger partial charge in [-0.1, -0.05) is 0 Å². The quantitative estimate of drug-likeness (QED) is 0.496. The molecule has 0 radical (unpaired) electrons. The summed E-state index contributed by atoms with van der Waals surface area (Å²) in [5.41, 5.74) is 0. The summed E-state index contributed by atoms with van der Waals surface area (Å²) in [4.78, 5) is 0. The van der Waals surface area contributed by atoms with Crippen LogP contribution < -0.4 is 10.5 Å². The fourth-order valence-electron chi connectivity index (χ4n) is 1.39. The van der Waals surface area contributed by atoms with E-state index in [0.29, 0.717) is 6.04 Å². The summed E-state index contributed by atoms with van der Waals surface area (Å²) in [5.74, 6) is 0. The number of piperidine rings is 1. The molecule has 2 nitrogen and oxygen atoms in total. The summed E-state index contributed by atoms with van der Waals surface area (Å²) in [7, 11) is 1.94. The summed E-state index contributed by atoms with van der Waals surface area (Å²) in [6, 6.07) is 0.605. The second-order valence-corrected chi connectivity index (χ2v) is 2.82. The van der Waals surface area contributed by atoms with Crippen molar-refractivity contribution in [3.05, 3.63) is 0 Å². The molecule has 0 aromatic carbocycles. The molecule has 2 N–H and O–H groups in total. The van der Waals surface area contributed by atoms with E-state index in [1.54, 1.807) is 0 Å². The molecule has 0 amide bonds. The second-order valence-electron chi connectivity index (χ2n) is 2.82. The van der Waals surface area contributed by atoms with Crippen LogP contribution in [0.3, 0.4) is 0 Å². The Morgan fingerprint density at radius 1 is 1.70 bits per heavy atom. The summed E-state index contributed by atoms with van der Waals surface area (Å²) in [6.07, 6.45) is 2.04. The number of nitrogens with one attached hydrogen (secondary N) is 2. The molecule has 4 heteroatoms. The van der Waals surface area contributed by atoms with Crippen LogP contribution in [-0.4, -0.2) is 33.3 Å². The van der Waals surface area contributed by atoms with Crippen molar-refractivity contribution >= 4 is 7.98 Å². The normalized spacial score (nSPS) is 34.1. The third-order valence-electron chi connectivity index (χ3n) is 2.09. The smallest absolute Gasteiger partial charge is 0.182 e. The average Bonchev–Trinajstić information content (AvgIpc) is 2.05. The van der Waals surface area contributed by atoms with Gasteiger partial charge in [-0.15, -0.1) is 0 Å². The van der Waals surface area contributed by atoms with Gasteiger partial charge >= 0.3 is 0 Å². The van der Waals surface area contributed by atoms with E-state index in [9.17, 15) is 4.39 Å². The number of alkyl halides is 1. The topological polar surface area (TPSA) is 24.1 Å². The lowest BCUT2D eigenvalue weighted by atomic mass is 9.99. The first-order valence-electron chi connectivity index (χ1n) is 3.83. The molecule has 1 rings (SSSR count). The Morgan fingerprint density at radius 3 is 3.10 bits per heavy atom. The molecule has 0 bridgehead atoms. The van der Waals surface area contributed by atoms with Gasteiger partial charge in [0.1, 0.15) is 6.67 Å². The molecule has 0 aromatic rings. The summed E-state index contributed by atoms with van der Waals surface area (Å²) in [6.45, 7) is 0.707. The first-order chi connectivity index (χ1) is 4.86. The maximum Gasteiger partial charge on any atom is 0.182 e. The Kier molecular flexibility index (Phi) is 3.15. The Balaban J connectivity index is 2.25. The van der Waals surface area contributed by atoms with Crippen molar-refractivity contribution in [1.29, 1.82) is 0 Å². The fraction of sp³-hybridized carbons (Fsp3) is 1.00. The van der Waals surface area contributed by atoms with Crippen molar-refractivity contribution in [2.75, 3.05) is 13.2 Å². The highest BCUT2D eigenvalue weighted by molar-refractivity contribution is 6.04. The van der Waals surface area contributed by atoms with Crippen LogP contribution in [0.4, 0.5) is 4.39 Å².